The van der Waals surface area contributed by atoms with Gasteiger partial charge in [0.2, 0.25) is 0 Å². The predicted molar refractivity (Wildman–Crippen MR) is 99.9 cm³/mol. The number of aromatic nitrogens is 1. The number of benzene rings is 2. The fourth-order valence-electron chi connectivity index (χ4n) is 2.88. The largest absolute Gasteiger partial charge is 0.392 e. The van der Waals surface area contributed by atoms with E-state index in [0.29, 0.717) is 11.5 Å². The Kier molecular flexibility index (Phi) is 4.46. The summed E-state index contributed by atoms with van der Waals surface area (Å²) in [6.07, 6.45) is 1.96. The van der Waals surface area contributed by atoms with Gasteiger partial charge in [0.15, 0.2) is 0 Å². The highest BCUT2D eigenvalue weighted by Gasteiger charge is 2.13. The van der Waals surface area contributed by atoms with Crippen molar-refractivity contribution < 1.29 is 9.90 Å². The SMILES string of the molecule is CC(=O)Cn1cc(-c2cccc(C(N)=S)c2)c2ccc(CO)cc21. The van der Waals surface area contributed by atoms with Crippen LogP contribution in [0.1, 0.15) is 18.1 Å². The van der Waals surface area contributed by atoms with Crippen LogP contribution in [0.5, 0.6) is 0 Å². The molecule has 0 atom stereocenters. The Hall–Kier alpha value is -2.50. The molecule has 0 saturated heterocycles. The van der Waals surface area contributed by atoms with E-state index in [1.807, 2.05) is 53.2 Å². The Bertz CT molecular complexity index is 944. The second-order valence-corrected chi connectivity index (χ2v) is 6.27. The van der Waals surface area contributed by atoms with Crippen molar-refractivity contribution in [1.29, 1.82) is 0 Å². The van der Waals surface area contributed by atoms with Crippen molar-refractivity contribution >= 4 is 33.9 Å². The molecular formula is C19H18N2O2S. The summed E-state index contributed by atoms with van der Waals surface area (Å²) in [5, 5.41) is 10.4. The van der Waals surface area contributed by atoms with Gasteiger partial charge >= 0.3 is 0 Å². The van der Waals surface area contributed by atoms with Crippen molar-refractivity contribution in [1.82, 2.24) is 4.57 Å². The third-order valence-electron chi connectivity index (χ3n) is 3.98. The minimum atomic E-state index is -0.0343. The van der Waals surface area contributed by atoms with Crippen molar-refractivity contribution in [2.75, 3.05) is 0 Å². The molecule has 0 aliphatic heterocycles. The van der Waals surface area contributed by atoms with Gasteiger partial charge in [-0.25, -0.2) is 0 Å². The second-order valence-electron chi connectivity index (χ2n) is 5.83. The lowest BCUT2D eigenvalue weighted by atomic mass is 10.0. The number of Topliss-reactive ketones (excluding diaryl/α,β-unsaturated/α-hetero) is 1. The van der Waals surface area contributed by atoms with Crippen LogP contribution in [0.3, 0.4) is 0 Å². The number of ketones is 1. The van der Waals surface area contributed by atoms with Crippen LogP contribution in [0.4, 0.5) is 0 Å². The fraction of sp³-hybridized carbons (Fsp3) is 0.158. The van der Waals surface area contributed by atoms with E-state index in [2.05, 4.69) is 0 Å². The minimum Gasteiger partial charge on any atom is -0.392 e. The summed E-state index contributed by atoms with van der Waals surface area (Å²) in [6, 6.07) is 13.5. The van der Waals surface area contributed by atoms with Gasteiger partial charge in [-0.15, -0.1) is 0 Å². The van der Waals surface area contributed by atoms with E-state index in [4.69, 9.17) is 18.0 Å². The third kappa shape index (κ3) is 3.09. The topological polar surface area (TPSA) is 68.2 Å². The molecule has 0 bridgehead atoms. The molecule has 24 heavy (non-hydrogen) atoms. The average molecular weight is 338 g/mol. The molecule has 0 fully saturated rings. The first kappa shape index (κ1) is 16.4. The smallest absolute Gasteiger partial charge is 0.149 e. The number of hydrogen-bond donors (Lipinski definition) is 2. The number of aliphatic hydroxyl groups is 1. The number of fused-ring (bicyclic) bond motifs is 1. The summed E-state index contributed by atoms with van der Waals surface area (Å²) in [7, 11) is 0. The summed E-state index contributed by atoms with van der Waals surface area (Å²) in [5.74, 6) is 0.0738. The number of aliphatic hydroxyl groups excluding tert-OH is 1. The molecule has 1 heterocycles. The van der Waals surface area contributed by atoms with Gasteiger partial charge in [-0.05, 0) is 30.2 Å². The standard InChI is InChI=1S/C19H18N2O2S/c1-12(23)9-21-10-17(14-3-2-4-15(8-14)19(20)24)16-6-5-13(11-22)7-18(16)21/h2-8,10,22H,9,11H2,1H3,(H2,20,24). The number of hydrogen-bond acceptors (Lipinski definition) is 3. The van der Waals surface area contributed by atoms with Crippen LogP contribution in [0, 0.1) is 0 Å². The average Bonchev–Trinajstić information content (AvgIpc) is 2.92. The Morgan fingerprint density at radius 1 is 1.25 bits per heavy atom. The molecule has 0 radical (unpaired) electrons. The van der Waals surface area contributed by atoms with Crippen molar-refractivity contribution in [3.8, 4) is 11.1 Å². The fourth-order valence-corrected chi connectivity index (χ4v) is 3.00. The molecule has 3 N–H and O–H groups in total. The lowest BCUT2D eigenvalue weighted by molar-refractivity contribution is -0.117. The van der Waals surface area contributed by atoms with Gasteiger partial charge in [0, 0.05) is 28.2 Å². The second kappa shape index (κ2) is 6.55. The van der Waals surface area contributed by atoms with Gasteiger partial charge in [0.25, 0.3) is 0 Å². The monoisotopic (exact) mass is 338 g/mol. The van der Waals surface area contributed by atoms with Gasteiger partial charge in [-0.1, -0.05) is 42.5 Å². The Labute approximate surface area is 145 Å². The molecular weight excluding hydrogens is 320 g/mol. The summed E-state index contributed by atoms with van der Waals surface area (Å²) >= 11 is 5.06. The molecule has 4 nitrogen and oxygen atoms in total. The zero-order valence-corrected chi connectivity index (χ0v) is 14.1. The molecule has 3 aromatic rings. The van der Waals surface area contributed by atoms with Crippen molar-refractivity contribution in [3.63, 3.8) is 0 Å². The van der Waals surface area contributed by atoms with Gasteiger partial charge < -0.3 is 15.4 Å². The lowest BCUT2D eigenvalue weighted by Crippen LogP contribution is -2.08. The van der Waals surface area contributed by atoms with Crippen LogP contribution in [0.2, 0.25) is 0 Å². The third-order valence-corrected chi connectivity index (χ3v) is 4.22. The molecule has 122 valence electrons. The summed E-state index contributed by atoms with van der Waals surface area (Å²) < 4.78 is 1.92. The van der Waals surface area contributed by atoms with Crippen LogP contribution < -0.4 is 5.73 Å². The maximum absolute atomic E-state index is 11.6. The van der Waals surface area contributed by atoms with E-state index in [1.165, 1.54) is 0 Å². The number of carbonyl (C=O) groups excluding carboxylic acids is 1. The zero-order chi connectivity index (χ0) is 17.3. The maximum Gasteiger partial charge on any atom is 0.149 e. The van der Waals surface area contributed by atoms with E-state index in [1.54, 1.807) is 6.92 Å². The first-order valence-corrected chi connectivity index (χ1v) is 8.02. The molecule has 3 rings (SSSR count). The highest BCUT2D eigenvalue weighted by atomic mass is 32.1. The predicted octanol–water partition coefficient (Wildman–Crippen LogP) is 3.02. The van der Waals surface area contributed by atoms with Gasteiger partial charge in [0.1, 0.15) is 10.8 Å². The quantitative estimate of drug-likeness (QED) is 0.702. The van der Waals surface area contributed by atoms with Gasteiger partial charge in [-0.2, -0.15) is 0 Å². The molecule has 1 aromatic heterocycles. The van der Waals surface area contributed by atoms with E-state index in [9.17, 15) is 9.90 Å². The molecule has 5 heteroatoms. The molecule has 0 unspecified atom stereocenters. The first-order valence-electron chi connectivity index (χ1n) is 7.62. The van der Waals surface area contributed by atoms with Crippen molar-refractivity contribution in [3.05, 3.63) is 59.8 Å². The molecule has 0 aliphatic carbocycles. The number of rotatable bonds is 5. The molecule has 0 aliphatic rings. The normalized spacial score (nSPS) is 10.9. The Balaban J connectivity index is 2.22. The molecule has 0 saturated carbocycles. The van der Waals surface area contributed by atoms with E-state index >= 15 is 0 Å². The van der Waals surface area contributed by atoms with E-state index in [-0.39, 0.29) is 12.4 Å². The number of nitrogens with two attached hydrogens (primary N) is 1. The highest BCUT2D eigenvalue weighted by molar-refractivity contribution is 7.80. The van der Waals surface area contributed by atoms with Crippen LogP contribution in [-0.2, 0) is 17.9 Å². The van der Waals surface area contributed by atoms with E-state index in [0.717, 1.165) is 33.2 Å². The van der Waals surface area contributed by atoms with Gasteiger partial charge in [0.05, 0.1) is 13.2 Å². The number of thiocarbonyl (C=S) groups is 1. The van der Waals surface area contributed by atoms with E-state index < -0.39 is 0 Å². The maximum atomic E-state index is 11.6. The number of carbonyl (C=O) groups is 1. The molecule has 2 aromatic carbocycles. The Morgan fingerprint density at radius 3 is 2.71 bits per heavy atom. The van der Waals surface area contributed by atoms with Crippen LogP contribution in [-0.4, -0.2) is 20.4 Å². The van der Waals surface area contributed by atoms with Crippen LogP contribution in [0.15, 0.2) is 48.7 Å². The first-order chi connectivity index (χ1) is 11.5. The minimum absolute atomic E-state index is 0.0343. The summed E-state index contributed by atoms with van der Waals surface area (Å²) in [5.41, 5.74) is 10.3. The van der Waals surface area contributed by atoms with Crippen molar-refractivity contribution in [2.45, 2.75) is 20.1 Å². The van der Waals surface area contributed by atoms with Crippen LogP contribution in [0.25, 0.3) is 22.0 Å². The van der Waals surface area contributed by atoms with Crippen LogP contribution >= 0.6 is 12.2 Å². The number of nitrogens with zero attached hydrogens (tertiary/aromatic N) is 1. The highest BCUT2D eigenvalue weighted by Crippen LogP contribution is 2.32. The Morgan fingerprint density at radius 2 is 2.04 bits per heavy atom. The van der Waals surface area contributed by atoms with Crippen molar-refractivity contribution in [2.24, 2.45) is 5.73 Å². The summed E-state index contributed by atoms with van der Waals surface area (Å²) in [6.45, 7) is 1.82. The lowest BCUT2D eigenvalue weighted by Gasteiger charge is -2.04. The summed E-state index contributed by atoms with van der Waals surface area (Å²) in [4.78, 5) is 12.0. The molecule has 0 amide bonds. The van der Waals surface area contributed by atoms with Gasteiger partial charge in [-0.3, -0.25) is 4.79 Å². The molecule has 0 spiro atoms. The zero-order valence-electron chi connectivity index (χ0n) is 13.3.